The molecular formula is C30H36ClN5O6. The average molecular weight is 598 g/mol. The second kappa shape index (κ2) is 14.7. The van der Waals surface area contributed by atoms with E-state index in [2.05, 4.69) is 9.55 Å². The van der Waals surface area contributed by atoms with Crippen molar-refractivity contribution in [3.05, 3.63) is 53.9 Å². The molecule has 2 aromatic carbocycles. The summed E-state index contributed by atoms with van der Waals surface area (Å²) in [5.74, 6) is 1.23. The van der Waals surface area contributed by atoms with Crippen LogP contribution in [0.15, 0.2) is 42.5 Å². The van der Waals surface area contributed by atoms with Gasteiger partial charge in [0.05, 0.1) is 31.4 Å². The van der Waals surface area contributed by atoms with E-state index in [0.29, 0.717) is 61.9 Å². The van der Waals surface area contributed by atoms with Crippen molar-refractivity contribution < 1.29 is 28.5 Å². The average Bonchev–Trinajstić information content (AvgIpc) is 3.37. The first-order valence-corrected chi connectivity index (χ1v) is 14.2. The Morgan fingerprint density at radius 2 is 1.90 bits per heavy atom. The second-order valence-electron chi connectivity index (χ2n) is 9.52. The zero-order valence-electron chi connectivity index (χ0n) is 24.1. The van der Waals surface area contributed by atoms with Crippen LogP contribution in [0.4, 0.5) is 5.82 Å². The summed E-state index contributed by atoms with van der Waals surface area (Å²) < 4.78 is 23.4. The van der Waals surface area contributed by atoms with Crippen LogP contribution in [0.3, 0.4) is 0 Å². The van der Waals surface area contributed by atoms with Gasteiger partial charge in [0.2, 0.25) is 5.91 Å². The van der Waals surface area contributed by atoms with E-state index in [9.17, 15) is 9.59 Å². The summed E-state index contributed by atoms with van der Waals surface area (Å²) in [5, 5.41) is 0.958. The number of hydrogen-bond acceptors (Lipinski definition) is 9. The lowest BCUT2D eigenvalue weighted by molar-refractivity contribution is -0.145. The normalized spacial score (nSPS) is 11.1. The van der Waals surface area contributed by atoms with Gasteiger partial charge >= 0.3 is 5.97 Å². The maximum absolute atomic E-state index is 12.9. The largest absolute Gasteiger partial charge is 0.493 e. The molecule has 0 saturated heterocycles. The number of carbonyl (C=O) groups is 2. The molecule has 12 heteroatoms. The van der Waals surface area contributed by atoms with Crippen molar-refractivity contribution in [2.24, 2.45) is 0 Å². The Hall–Kier alpha value is -4.09. The van der Waals surface area contributed by atoms with Crippen LogP contribution < -0.4 is 15.2 Å². The van der Waals surface area contributed by atoms with Crippen molar-refractivity contribution in [3.63, 3.8) is 0 Å². The van der Waals surface area contributed by atoms with Crippen molar-refractivity contribution in [1.82, 2.24) is 19.4 Å². The number of halogens is 1. The number of hydrogen-bond donors (Lipinski definition) is 1. The SMILES string of the molecule is CCOC(=O)COc1cc(CN(CCCn2c(CCOC)nc3c(N)nc4ccccc4c32)C(=O)CCl)ccc1OC. The molecule has 0 fully saturated rings. The Balaban J connectivity index is 1.55. The number of aromatic nitrogens is 3. The van der Waals surface area contributed by atoms with Crippen molar-refractivity contribution >= 4 is 51.2 Å². The zero-order valence-corrected chi connectivity index (χ0v) is 24.9. The molecule has 0 unspecified atom stereocenters. The molecule has 1 amide bonds. The molecule has 0 atom stereocenters. The fraction of sp³-hybridized carbons (Fsp3) is 0.400. The highest BCUT2D eigenvalue weighted by molar-refractivity contribution is 6.27. The number of amides is 1. The van der Waals surface area contributed by atoms with Crippen LogP contribution in [-0.2, 0) is 38.6 Å². The number of nitrogen functional groups attached to an aromatic ring is 1. The van der Waals surface area contributed by atoms with E-state index >= 15 is 0 Å². The summed E-state index contributed by atoms with van der Waals surface area (Å²) in [5.41, 5.74) is 9.47. The molecule has 2 aromatic heterocycles. The zero-order chi connectivity index (χ0) is 30.1. The van der Waals surface area contributed by atoms with Gasteiger partial charge in [0.1, 0.15) is 17.2 Å². The number of alkyl halides is 1. The predicted molar refractivity (Wildman–Crippen MR) is 161 cm³/mol. The number of imidazole rings is 1. The first kappa shape index (κ1) is 30.9. The number of carbonyl (C=O) groups excluding carboxylic acids is 2. The van der Waals surface area contributed by atoms with Gasteiger partial charge in [0, 0.05) is 38.6 Å². The third-order valence-electron chi connectivity index (χ3n) is 6.75. The summed E-state index contributed by atoms with van der Waals surface area (Å²) in [6.07, 6.45) is 1.23. The van der Waals surface area contributed by atoms with E-state index in [1.165, 1.54) is 7.11 Å². The van der Waals surface area contributed by atoms with Gasteiger partial charge in [-0.05, 0) is 37.1 Å². The van der Waals surface area contributed by atoms with Crippen LogP contribution in [-0.4, -0.2) is 77.8 Å². The number of nitrogens with two attached hydrogens (primary N) is 1. The molecule has 2 N–H and O–H groups in total. The lowest BCUT2D eigenvalue weighted by Gasteiger charge is -2.23. The molecule has 4 rings (SSSR count). The number of nitrogens with zero attached hydrogens (tertiary/aromatic N) is 4. The molecule has 0 aliphatic heterocycles. The maximum Gasteiger partial charge on any atom is 0.344 e. The van der Waals surface area contributed by atoms with Crippen molar-refractivity contribution in [2.45, 2.75) is 32.9 Å². The quantitative estimate of drug-likeness (QED) is 0.160. The third-order valence-corrected chi connectivity index (χ3v) is 6.98. The first-order valence-electron chi connectivity index (χ1n) is 13.7. The summed E-state index contributed by atoms with van der Waals surface area (Å²) in [6, 6.07) is 13.2. The number of para-hydroxylation sites is 1. The summed E-state index contributed by atoms with van der Waals surface area (Å²) in [4.78, 5) is 35.7. The number of anilines is 1. The molecule has 0 bridgehead atoms. The number of methoxy groups -OCH3 is 2. The van der Waals surface area contributed by atoms with Gasteiger partial charge in [0.15, 0.2) is 23.9 Å². The molecule has 224 valence electrons. The lowest BCUT2D eigenvalue weighted by Crippen LogP contribution is -2.33. The minimum absolute atomic E-state index is 0.150. The Morgan fingerprint density at radius 3 is 2.64 bits per heavy atom. The van der Waals surface area contributed by atoms with Crippen LogP contribution in [0.5, 0.6) is 11.5 Å². The Morgan fingerprint density at radius 1 is 1.10 bits per heavy atom. The molecular weight excluding hydrogens is 562 g/mol. The number of fused-ring (bicyclic) bond motifs is 3. The number of benzene rings is 2. The number of aryl methyl sites for hydroxylation is 1. The number of pyridine rings is 1. The Kier molecular flexibility index (Phi) is 10.8. The summed E-state index contributed by atoms with van der Waals surface area (Å²) in [6.45, 7) is 3.57. The number of esters is 1. The highest BCUT2D eigenvalue weighted by atomic mass is 35.5. The van der Waals surface area contributed by atoms with Crippen LogP contribution >= 0.6 is 11.6 Å². The van der Waals surface area contributed by atoms with Gasteiger partial charge in [-0.2, -0.15) is 0 Å². The van der Waals surface area contributed by atoms with E-state index in [0.717, 1.165) is 27.8 Å². The molecule has 0 saturated carbocycles. The van der Waals surface area contributed by atoms with Crippen molar-refractivity contribution in [1.29, 1.82) is 0 Å². The molecule has 0 radical (unpaired) electrons. The van der Waals surface area contributed by atoms with Crippen LogP contribution in [0.25, 0.3) is 21.9 Å². The molecule has 2 heterocycles. The molecule has 0 aliphatic carbocycles. The fourth-order valence-corrected chi connectivity index (χ4v) is 4.99. The van der Waals surface area contributed by atoms with Gasteiger partial charge in [-0.1, -0.05) is 24.3 Å². The lowest BCUT2D eigenvalue weighted by atomic mass is 10.1. The van der Waals surface area contributed by atoms with Crippen LogP contribution in [0, 0.1) is 0 Å². The monoisotopic (exact) mass is 597 g/mol. The van der Waals surface area contributed by atoms with Crippen LogP contribution in [0.2, 0.25) is 0 Å². The smallest absolute Gasteiger partial charge is 0.344 e. The summed E-state index contributed by atoms with van der Waals surface area (Å²) >= 11 is 5.99. The van der Waals surface area contributed by atoms with E-state index in [4.69, 9.17) is 41.3 Å². The molecule has 42 heavy (non-hydrogen) atoms. The molecule has 0 aliphatic rings. The van der Waals surface area contributed by atoms with Crippen molar-refractivity contribution in [3.8, 4) is 11.5 Å². The fourth-order valence-electron chi connectivity index (χ4n) is 4.82. The Bertz CT molecular complexity index is 1540. The number of rotatable bonds is 15. The van der Waals surface area contributed by atoms with E-state index in [1.807, 2.05) is 30.3 Å². The second-order valence-corrected chi connectivity index (χ2v) is 9.78. The summed E-state index contributed by atoms with van der Waals surface area (Å²) in [7, 11) is 3.17. The Labute approximate surface area is 249 Å². The van der Waals surface area contributed by atoms with Gasteiger partial charge in [-0.25, -0.2) is 14.8 Å². The topological polar surface area (TPSA) is 131 Å². The van der Waals surface area contributed by atoms with Gasteiger partial charge < -0.3 is 34.1 Å². The highest BCUT2D eigenvalue weighted by Gasteiger charge is 2.19. The predicted octanol–water partition coefficient (Wildman–Crippen LogP) is 3.96. The van der Waals surface area contributed by atoms with Gasteiger partial charge in [-0.15, -0.1) is 11.6 Å². The number of ether oxygens (including phenoxy) is 4. The third kappa shape index (κ3) is 7.21. The molecule has 0 spiro atoms. The van der Waals surface area contributed by atoms with Crippen LogP contribution in [0.1, 0.15) is 24.7 Å². The standard InChI is InChI=1S/C30H36ClN5O6/c1-4-41-27(38)19-42-24-16-20(10-11-23(24)40-3)18-35(26(37)17-31)13-7-14-36-25(12-15-39-2)34-28-29(36)21-8-5-6-9-22(21)33-30(28)32/h5-6,8-11,16H,4,7,12-15,17-19H2,1-3H3,(H2,32,33). The van der Waals surface area contributed by atoms with E-state index in [-0.39, 0.29) is 25.0 Å². The minimum Gasteiger partial charge on any atom is -0.493 e. The molecule has 11 nitrogen and oxygen atoms in total. The first-order chi connectivity index (χ1) is 20.4. The molecule has 4 aromatic rings. The highest BCUT2D eigenvalue weighted by Crippen LogP contribution is 2.30. The maximum atomic E-state index is 12.9. The van der Waals surface area contributed by atoms with E-state index < -0.39 is 5.97 Å². The van der Waals surface area contributed by atoms with Crippen molar-refractivity contribution in [2.75, 3.05) is 52.2 Å². The minimum atomic E-state index is -0.480. The van der Waals surface area contributed by atoms with Gasteiger partial charge in [0.25, 0.3) is 0 Å². The van der Waals surface area contributed by atoms with Gasteiger partial charge in [-0.3, -0.25) is 4.79 Å². The van der Waals surface area contributed by atoms with E-state index in [1.54, 1.807) is 31.1 Å².